The highest BCUT2D eigenvalue weighted by atomic mass is 15.0. The van der Waals surface area contributed by atoms with Crippen molar-refractivity contribution in [2.45, 2.75) is 19.9 Å². The van der Waals surface area contributed by atoms with Crippen LogP contribution in [0.1, 0.15) is 28.7 Å². The van der Waals surface area contributed by atoms with Crippen LogP contribution in [0.5, 0.6) is 0 Å². The van der Waals surface area contributed by atoms with Gasteiger partial charge in [0.05, 0.1) is 11.4 Å². The zero-order valence-corrected chi connectivity index (χ0v) is 14.4. The second-order valence-corrected chi connectivity index (χ2v) is 6.29. The van der Waals surface area contributed by atoms with Crippen LogP contribution in [0.2, 0.25) is 0 Å². The second kappa shape index (κ2) is 6.40. The van der Waals surface area contributed by atoms with E-state index in [2.05, 4.69) is 70.5 Å². The molecule has 0 aliphatic rings. The molecule has 0 saturated heterocycles. The Morgan fingerprint density at radius 1 is 0.960 bits per heavy atom. The van der Waals surface area contributed by atoms with Crippen LogP contribution in [-0.4, -0.2) is 9.97 Å². The predicted octanol–water partition coefficient (Wildman–Crippen LogP) is 4.20. The Balaban J connectivity index is 1.87. The Bertz CT molecular complexity index is 1000. The maximum Gasteiger partial charge on any atom is 0.273 e. The van der Waals surface area contributed by atoms with E-state index in [1.165, 1.54) is 10.9 Å². The summed E-state index contributed by atoms with van der Waals surface area (Å²) in [6.07, 6.45) is 1.84. The van der Waals surface area contributed by atoms with Gasteiger partial charge in [0.2, 0.25) is 0 Å². The third kappa shape index (κ3) is 2.98. The highest BCUT2D eigenvalue weighted by molar-refractivity contribution is 5.86. The molecule has 4 rings (SSSR count). The lowest BCUT2D eigenvalue weighted by molar-refractivity contribution is -0.371. The number of hydrogen-bond acceptors (Lipinski definition) is 2. The average Bonchev–Trinajstić information content (AvgIpc) is 2.96. The molecule has 0 aliphatic carbocycles. The number of anilines is 1. The summed E-state index contributed by atoms with van der Waals surface area (Å²) in [5.41, 5.74) is 5.62. The van der Waals surface area contributed by atoms with E-state index in [9.17, 15) is 0 Å². The van der Waals surface area contributed by atoms with Crippen molar-refractivity contribution in [3.8, 4) is 0 Å². The van der Waals surface area contributed by atoms with Crippen LogP contribution in [0.15, 0.2) is 66.9 Å². The number of aromatic nitrogens is 3. The molecule has 1 aromatic carbocycles. The van der Waals surface area contributed by atoms with Crippen molar-refractivity contribution < 1.29 is 4.98 Å². The van der Waals surface area contributed by atoms with E-state index in [0.29, 0.717) is 0 Å². The zero-order valence-electron chi connectivity index (χ0n) is 14.4. The molecule has 0 radical (unpaired) electrons. The quantitative estimate of drug-likeness (QED) is 0.590. The minimum atomic E-state index is -0.0459. The second-order valence-electron chi connectivity index (χ2n) is 6.29. The number of para-hydroxylation sites is 1. The largest absolute Gasteiger partial charge is 0.358 e. The average molecular weight is 329 g/mol. The first-order valence-electron chi connectivity index (χ1n) is 8.46. The molecule has 3 heterocycles. The number of rotatable bonds is 4. The standard InChI is InChI=1S/C21H20N4/c1-14-8-7-12-19(23-14)25-21(18-11-5-6-13-22-18)20-15(2)24-17-10-4-3-9-16(17)20/h3-13,21,24H,1-2H3,(H,23,25)/p+1/t21-/m0/s1. The fourth-order valence-electron chi connectivity index (χ4n) is 3.34. The Kier molecular flexibility index (Phi) is 3.94. The van der Waals surface area contributed by atoms with E-state index in [-0.39, 0.29) is 6.04 Å². The Hall–Kier alpha value is -3.14. The molecular formula is C21H21N4+. The van der Waals surface area contributed by atoms with Crippen LogP contribution in [0, 0.1) is 13.8 Å². The molecule has 124 valence electrons. The number of H-pyrrole nitrogens is 2. The molecule has 4 nitrogen and oxygen atoms in total. The van der Waals surface area contributed by atoms with Gasteiger partial charge >= 0.3 is 0 Å². The van der Waals surface area contributed by atoms with Gasteiger partial charge in [-0.1, -0.05) is 30.3 Å². The summed E-state index contributed by atoms with van der Waals surface area (Å²) in [7, 11) is 0. The fourth-order valence-corrected chi connectivity index (χ4v) is 3.34. The number of aromatic amines is 2. The monoisotopic (exact) mass is 329 g/mol. The summed E-state index contributed by atoms with van der Waals surface area (Å²) in [5.74, 6) is 0.973. The summed E-state index contributed by atoms with van der Waals surface area (Å²) in [5, 5.41) is 4.85. The van der Waals surface area contributed by atoms with Crippen LogP contribution in [-0.2, 0) is 0 Å². The molecule has 0 bridgehead atoms. The van der Waals surface area contributed by atoms with Gasteiger partial charge in [-0.15, -0.1) is 0 Å². The molecule has 3 N–H and O–H groups in total. The minimum Gasteiger partial charge on any atom is -0.358 e. The molecular weight excluding hydrogens is 308 g/mol. The molecule has 1 atom stereocenters. The maximum absolute atomic E-state index is 4.61. The first-order chi connectivity index (χ1) is 12.2. The molecule has 4 heteroatoms. The summed E-state index contributed by atoms with van der Waals surface area (Å²) >= 11 is 0. The van der Waals surface area contributed by atoms with E-state index >= 15 is 0 Å². The topological polar surface area (TPSA) is 54.9 Å². The number of nitrogens with zero attached hydrogens (tertiary/aromatic N) is 1. The van der Waals surface area contributed by atoms with Gasteiger partial charge in [-0.05, 0) is 38.1 Å². The van der Waals surface area contributed by atoms with Crippen LogP contribution in [0.4, 0.5) is 5.82 Å². The summed E-state index contributed by atoms with van der Waals surface area (Å²) in [6.45, 7) is 4.17. The van der Waals surface area contributed by atoms with Gasteiger partial charge in [0.1, 0.15) is 0 Å². The maximum atomic E-state index is 4.61. The lowest BCUT2D eigenvalue weighted by atomic mass is 9.99. The van der Waals surface area contributed by atoms with Gasteiger partial charge in [-0.2, -0.15) is 0 Å². The molecule has 0 spiro atoms. The van der Waals surface area contributed by atoms with Crippen LogP contribution in [0.3, 0.4) is 0 Å². The highest BCUT2D eigenvalue weighted by Crippen LogP contribution is 2.33. The van der Waals surface area contributed by atoms with E-state index in [1.807, 2.05) is 30.5 Å². The number of pyridine rings is 2. The number of nitrogens with one attached hydrogen (secondary N) is 3. The number of fused-ring (bicyclic) bond motifs is 1. The lowest BCUT2D eigenvalue weighted by Gasteiger charge is -2.15. The number of benzene rings is 1. The lowest BCUT2D eigenvalue weighted by Crippen LogP contribution is -2.21. The Morgan fingerprint density at radius 3 is 2.60 bits per heavy atom. The van der Waals surface area contributed by atoms with E-state index in [1.54, 1.807) is 0 Å². The fraction of sp³-hybridized carbons (Fsp3) is 0.143. The van der Waals surface area contributed by atoms with E-state index in [4.69, 9.17) is 0 Å². The van der Waals surface area contributed by atoms with Crippen molar-refractivity contribution in [3.63, 3.8) is 0 Å². The third-order valence-electron chi connectivity index (χ3n) is 4.46. The Morgan fingerprint density at radius 2 is 1.80 bits per heavy atom. The molecule has 0 unspecified atom stereocenters. The van der Waals surface area contributed by atoms with Gasteiger partial charge in [0.25, 0.3) is 5.82 Å². The normalized spacial score (nSPS) is 12.2. The van der Waals surface area contributed by atoms with Crippen LogP contribution >= 0.6 is 0 Å². The van der Waals surface area contributed by atoms with Gasteiger partial charge in [-0.25, -0.2) is 4.98 Å². The summed E-state index contributed by atoms with van der Waals surface area (Å²) in [6, 6.07) is 20.5. The molecule has 0 aliphatic heterocycles. The van der Waals surface area contributed by atoms with Crippen LogP contribution < -0.4 is 10.3 Å². The van der Waals surface area contributed by atoms with Gasteiger partial charge in [-0.3, -0.25) is 10.3 Å². The molecule has 0 amide bonds. The van der Waals surface area contributed by atoms with E-state index in [0.717, 1.165) is 28.4 Å². The van der Waals surface area contributed by atoms with Crippen molar-refractivity contribution in [2.24, 2.45) is 0 Å². The number of aryl methyl sites for hydroxylation is 2. The third-order valence-corrected chi connectivity index (χ3v) is 4.46. The van der Waals surface area contributed by atoms with Crippen molar-refractivity contribution in [2.75, 3.05) is 5.32 Å². The van der Waals surface area contributed by atoms with Crippen molar-refractivity contribution in [3.05, 3.63) is 89.5 Å². The number of hydrogen-bond donors (Lipinski definition) is 2. The van der Waals surface area contributed by atoms with Gasteiger partial charge < -0.3 is 4.98 Å². The smallest absolute Gasteiger partial charge is 0.273 e. The molecule has 3 aromatic heterocycles. The van der Waals surface area contributed by atoms with E-state index < -0.39 is 0 Å². The predicted molar refractivity (Wildman–Crippen MR) is 100 cm³/mol. The zero-order chi connectivity index (χ0) is 17.2. The molecule has 4 aromatic rings. The molecule has 0 saturated carbocycles. The highest BCUT2D eigenvalue weighted by Gasteiger charge is 2.26. The summed E-state index contributed by atoms with van der Waals surface area (Å²) < 4.78 is 0. The molecule has 25 heavy (non-hydrogen) atoms. The summed E-state index contributed by atoms with van der Waals surface area (Å²) in [4.78, 5) is 11.5. The minimum absolute atomic E-state index is 0.0459. The Labute approximate surface area is 147 Å². The van der Waals surface area contributed by atoms with Gasteiger partial charge in [0, 0.05) is 34.4 Å². The van der Waals surface area contributed by atoms with Crippen molar-refractivity contribution >= 4 is 16.7 Å². The van der Waals surface area contributed by atoms with Gasteiger partial charge in [0.15, 0.2) is 6.04 Å². The first kappa shape index (κ1) is 15.4. The van der Waals surface area contributed by atoms with Crippen molar-refractivity contribution in [1.82, 2.24) is 9.97 Å². The molecule has 0 fully saturated rings. The van der Waals surface area contributed by atoms with Crippen molar-refractivity contribution in [1.29, 1.82) is 0 Å². The first-order valence-corrected chi connectivity index (χ1v) is 8.46. The SMILES string of the molecule is Cc1cccc(N[C@@H](c2ccccn2)c2c(C)[nH]c3ccccc23)[nH+]1. The van der Waals surface area contributed by atoms with Crippen LogP contribution in [0.25, 0.3) is 10.9 Å².